The SMILES string of the molecule is C=C(Nc1cccnc1)c1[nH]ncc1NCc1ccccc1. The Morgan fingerprint density at radius 2 is 1.95 bits per heavy atom. The van der Waals surface area contributed by atoms with Crippen molar-refractivity contribution in [2.75, 3.05) is 10.6 Å². The molecule has 0 saturated heterocycles. The number of pyridine rings is 1. The Labute approximate surface area is 129 Å². The summed E-state index contributed by atoms with van der Waals surface area (Å²) in [6.07, 6.45) is 5.24. The standard InChI is InChI=1S/C17H17N5/c1-13(21-15-8-5-9-18-11-15)17-16(12-20-22-17)19-10-14-6-3-2-4-7-14/h2-9,11-12,19,21H,1,10H2,(H,20,22). The van der Waals surface area contributed by atoms with Crippen LogP contribution in [0.5, 0.6) is 0 Å². The van der Waals surface area contributed by atoms with Gasteiger partial charge in [0.2, 0.25) is 0 Å². The highest BCUT2D eigenvalue weighted by Gasteiger charge is 2.08. The molecule has 0 aliphatic rings. The molecular weight excluding hydrogens is 274 g/mol. The third kappa shape index (κ3) is 3.32. The lowest BCUT2D eigenvalue weighted by Crippen LogP contribution is -2.04. The number of aromatic amines is 1. The lowest BCUT2D eigenvalue weighted by Gasteiger charge is -2.11. The number of hydrogen-bond acceptors (Lipinski definition) is 4. The van der Waals surface area contributed by atoms with Crippen molar-refractivity contribution in [1.29, 1.82) is 0 Å². The molecular formula is C17H17N5. The van der Waals surface area contributed by atoms with Gasteiger partial charge in [-0.15, -0.1) is 0 Å². The minimum absolute atomic E-state index is 0.730. The minimum Gasteiger partial charge on any atom is -0.378 e. The third-order valence-corrected chi connectivity index (χ3v) is 3.22. The highest BCUT2D eigenvalue weighted by molar-refractivity contribution is 5.79. The topological polar surface area (TPSA) is 65.6 Å². The van der Waals surface area contributed by atoms with Crippen LogP contribution < -0.4 is 10.6 Å². The van der Waals surface area contributed by atoms with Gasteiger partial charge in [-0.25, -0.2) is 0 Å². The van der Waals surface area contributed by atoms with Crippen LogP contribution in [0.25, 0.3) is 5.70 Å². The van der Waals surface area contributed by atoms with Crippen LogP contribution in [0.2, 0.25) is 0 Å². The van der Waals surface area contributed by atoms with E-state index >= 15 is 0 Å². The summed E-state index contributed by atoms with van der Waals surface area (Å²) in [5, 5.41) is 13.6. The summed E-state index contributed by atoms with van der Waals surface area (Å²) in [6, 6.07) is 14.0. The summed E-state index contributed by atoms with van der Waals surface area (Å²) in [5.41, 5.74) is 4.57. The fourth-order valence-electron chi connectivity index (χ4n) is 2.12. The van der Waals surface area contributed by atoms with E-state index < -0.39 is 0 Å². The largest absolute Gasteiger partial charge is 0.378 e. The second kappa shape index (κ2) is 6.58. The van der Waals surface area contributed by atoms with Gasteiger partial charge in [0.15, 0.2) is 0 Å². The van der Waals surface area contributed by atoms with E-state index in [0.29, 0.717) is 0 Å². The first-order valence-electron chi connectivity index (χ1n) is 7.00. The van der Waals surface area contributed by atoms with Crippen LogP contribution >= 0.6 is 0 Å². The van der Waals surface area contributed by atoms with Crippen molar-refractivity contribution in [2.45, 2.75) is 6.54 Å². The number of nitrogens with zero attached hydrogens (tertiary/aromatic N) is 2. The summed E-state index contributed by atoms with van der Waals surface area (Å²) in [4.78, 5) is 4.07. The van der Waals surface area contributed by atoms with E-state index in [-0.39, 0.29) is 0 Å². The molecule has 3 aromatic rings. The number of nitrogens with one attached hydrogen (secondary N) is 3. The van der Waals surface area contributed by atoms with E-state index in [1.165, 1.54) is 5.56 Å². The molecule has 0 aliphatic carbocycles. The van der Waals surface area contributed by atoms with Crippen LogP contribution in [-0.4, -0.2) is 15.2 Å². The van der Waals surface area contributed by atoms with Gasteiger partial charge in [0.1, 0.15) is 5.69 Å². The van der Waals surface area contributed by atoms with E-state index in [0.717, 1.165) is 29.3 Å². The average molecular weight is 291 g/mol. The molecule has 0 saturated carbocycles. The van der Waals surface area contributed by atoms with Crippen LogP contribution in [0.1, 0.15) is 11.3 Å². The predicted octanol–water partition coefficient (Wildman–Crippen LogP) is 3.50. The highest BCUT2D eigenvalue weighted by atomic mass is 15.2. The first-order valence-corrected chi connectivity index (χ1v) is 7.00. The van der Waals surface area contributed by atoms with Crippen molar-refractivity contribution in [2.24, 2.45) is 0 Å². The Hall–Kier alpha value is -3.08. The van der Waals surface area contributed by atoms with Crippen LogP contribution in [0.3, 0.4) is 0 Å². The predicted molar refractivity (Wildman–Crippen MR) is 89.3 cm³/mol. The Kier molecular flexibility index (Phi) is 4.15. The molecule has 2 aromatic heterocycles. The van der Waals surface area contributed by atoms with Gasteiger partial charge >= 0.3 is 0 Å². The summed E-state index contributed by atoms with van der Waals surface area (Å²) in [5.74, 6) is 0. The number of anilines is 2. The first-order chi connectivity index (χ1) is 10.8. The van der Waals surface area contributed by atoms with Crippen LogP contribution in [0.15, 0.2) is 67.6 Å². The van der Waals surface area contributed by atoms with E-state index in [1.807, 2.05) is 30.3 Å². The fourth-order valence-corrected chi connectivity index (χ4v) is 2.12. The maximum Gasteiger partial charge on any atom is 0.104 e. The van der Waals surface area contributed by atoms with Crippen LogP contribution in [0, 0.1) is 0 Å². The molecule has 0 fully saturated rings. The van der Waals surface area contributed by atoms with Crippen molar-refractivity contribution < 1.29 is 0 Å². The fraction of sp³-hybridized carbons (Fsp3) is 0.0588. The molecule has 0 spiro atoms. The molecule has 2 heterocycles. The molecule has 5 heteroatoms. The van der Waals surface area contributed by atoms with E-state index in [4.69, 9.17) is 0 Å². The maximum atomic E-state index is 4.09. The molecule has 3 rings (SSSR count). The summed E-state index contributed by atoms with van der Waals surface area (Å²) < 4.78 is 0. The summed E-state index contributed by atoms with van der Waals surface area (Å²) >= 11 is 0. The second-order valence-corrected chi connectivity index (χ2v) is 4.84. The van der Waals surface area contributed by atoms with Crippen LogP contribution in [0.4, 0.5) is 11.4 Å². The molecule has 22 heavy (non-hydrogen) atoms. The lowest BCUT2D eigenvalue weighted by atomic mass is 10.2. The summed E-state index contributed by atoms with van der Waals surface area (Å²) in [6.45, 7) is 4.79. The molecule has 0 bridgehead atoms. The second-order valence-electron chi connectivity index (χ2n) is 4.84. The average Bonchev–Trinajstić information content (AvgIpc) is 3.03. The molecule has 0 amide bonds. The number of benzene rings is 1. The van der Waals surface area contributed by atoms with Crippen molar-refractivity contribution in [3.05, 3.63) is 78.9 Å². The van der Waals surface area contributed by atoms with E-state index in [2.05, 4.69) is 44.5 Å². The van der Waals surface area contributed by atoms with E-state index in [9.17, 15) is 0 Å². The molecule has 0 radical (unpaired) electrons. The zero-order chi connectivity index (χ0) is 15.2. The molecule has 3 N–H and O–H groups in total. The Morgan fingerprint density at radius 3 is 2.73 bits per heavy atom. The Morgan fingerprint density at radius 1 is 1.09 bits per heavy atom. The smallest absolute Gasteiger partial charge is 0.104 e. The quantitative estimate of drug-likeness (QED) is 0.650. The maximum absolute atomic E-state index is 4.09. The van der Waals surface area contributed by atoms with Crippen molar-refractivity contribution in [3.8, 4) is 0 Å². The van der Waals surface area contributed by atoms with Crippen molar-refractivity contribution in [3.63, 3.8) is 0 Å². The van der Waals surface area contributed by atoms with Gasteiger partial charge in [0.25, 0.3) is 0 Å². The summed E-state index contributed by atoms with van der Waals surface area (Å²) in [7, 11) is 0. The van der Waals surface area contributed by atoms with Gasteiger partial charge < -0.3 is 10.6 Å². The number of rotatable bonds is 6. The van der Waals surface area contributed by atoms with E-state index in [1.54, 1.807) is 18.6 Å². The Bertz CT molecular complexity index is 734. The monoisotopic (exact) mass is 291 g/mol. The third-order valence-electron chi connectivity index (χ3n) is 3.22. The van der Waals surface area contributed by atoms with Gasteiger partial charge in [-0.1, -0.05) is 36.9 Å². The van der Waals surface area contributed by atoms with Gasteiger partial charge in [-0.2, -0.15) is 5.10 Å². The Balaban J connectivity index is 1.68. The van der Waals surface area contributed by atoms with Crippen molar-refractivity contribution in [1.82, 2.24) is 15.2 Å². The van der Waals surface area contributed by atoms with Gasteiger partial charge in [0.05, 0.1) is 29.5 Å². The molecule has 110 valence electrons. The number of aromatic nitrogens is 3. The first kappa shape index (κ1) is 13.9. The van der Waals surface area contributed by atoms with Gasteiger partial charge in [-0.3, -0.25) is 10.1 Å². The van der Waals surface area contributed by atoms with Gasteiger partial charge in [0, 0.05) is 12.7 Å². The zero-order valence-electron chi connectivity index (χ0n) is 12.1. The minimum atomic E-state index is 0.730. The van der Waals surface area contributed by atoms with Crippen molar-refractivity contribution >= 4 is 17.1 Å². The molecule has 0 unspecified atom stereocenters. The van der Waals surface area contributed by atoms with Gasteiger partial charge in [-0.05, 0) is 17.7 Å². The lowest BCUT2D eigenvalue weighted by molar-refractivity contribution is 1.07. The highest BCUT2D eigenvalue weighted by Crippen LogP contribution is 2.22. The molecule has 5 nitrogen and oxygen atoms in total. The molecule has 1 aromatic carbocycles. The molecule has 0 aliphatic heterocycles. The zero-order valence-corrected chi connectivity index (χ0v) is 12.1. The molecule has 0 atom stereocenters. The normalized spacial score (nSPS) is 10.2. The number of H-pyrrole nitrogens is 1. The number of hydrogen-bond donors (Lipinski definition) is 3. The van der Waals surface area contributed by atoms with Crippen LogP contribution in [-0.2, 0) is 6.54 Å².